The Morgan fingerprint density at radius 3 is 2.46 bits per heavy atom. The van der Waals surface area contributed by atoms with Gasteiger partial charge in [-0.05, 0) is 30.2 Å². The van der Waals surface area contributed by atoms with Gasteiger partial charge >= 0.3 is 6.18 Å². The topological polar surface area (TPSA) is 58.2 Å². The standard InChI is InChI=1S/C19H19F3N2O2/c1-2-10-23-18(26)15-8-3-4-9-16(15)24-17(25)12-13-6-5-7-14(11-13)19(20,21)22/h3-9,11H,2,10,12H2,1H3,(H,23,26)(H,24,25). The molecule has 0 heterocycles. The Labute approximate surface area is 149 Å². The van der Waals surface area contributed by atoms with Crippen LogP contribution in [-0.2, 0) is 17.4 Å². The molecule has 0 aliphatic rings. The molecule has 0 unspecified atom stereocenters. The molecule has 0 bridgehead atoms. The van der Waals surface area contributed by atoms with Gasteiger partial charge in [0.2, 0.25) is 5.91 Å². The molecular formula is C19H19F3N2O2. The molecule has 138 valence electrons. The van der Waals surface area contributed by atoms with Gasteiger partial charge in [-0.2, -0.15) is 13.2 Å². The Kier molecular flexibility index (Phi) is 6.38. The van der Waals surface area contributed by atoms with Crippen LogP contribution < -0.4 is 10.6 Å². The molecule has 2 N–H and O–H groups in total. The Bertz CT molecular complexity index is 788. The Balaban J connectivity index is 2.10. The van der Waals surface area contributed by atoms with Crippen LogP contribution in [0.15, 0.2) is 48.5 Å². The SMILES string of the molecule is CCCNC(=O)c1ccccc1NC(=O)Cc1cccc(C(F)(F)F)c1. The minimum absolute atomic E-state index is 0.227. The molecule has 0 saturated heterocycles. The maximum absolute atomic E-state index is 12.8. The number of hydrogen-bond donors (Lipinski definition) is 2. The molecule has 0 aliphatic carbocycles. The fourth-order valence-corrected chi connectivity index (χ4v) is 2.36. The molecule has 0 radical (unpaired) electrons. The van der Waals surface area contributed by atoms with Crippen LogP contribution in [-0.4, -0.2) is 18.4 Å². The fraction of sp³-hybridized carbons (Fsp3) is 0.263. The Morgan fingerprint density at radius 1 is 1.04 bits per heavy atom. The lowest BCUT2D eigenvalue weighted by Gasteiger charge is -2.12. The lowest BCUT2D eigenvalue weighted by molar-refractivity contribution is -0.137. The van der Waals surface area contributed by atoms with Crippen LogP contribution in [0.5, 0.6) is 0 Å². The van der Waals surface area contributed by atoms with E-state index in [1.165, 1.54) is 12.1 Å². The van der Waals surface area contributed by atoms with Crippen LogP contribution in [0.25, 0.3) is 0 Å². The first kappa shape index (κ1) is 19.5. The number of halogens is 3. The van der Waals surface area contributed by atoms with E-state index in [1.807, 2.05) is 6.92 Å². The van der Waals surface area contributed by atoms with E-state index in [2.05, 4.69) is 10.6 Å². The first-order valence-corrected chi connectivity index (χ1v) is 8.14. The molecule has 0 spiro atoms. The normalized spacial score (nSPS) is 11.1. The molecule has 2 aromatic carbocycles. The number of carbonyl (C=O) groups is 2. The summed E-state index contributed by atoms with van der Waals surface area (Å²) in [5.41, 5.74) is 0.0591. The van der Waals surface area contributed by atoms with E-state index in [-0.39, 0.29) is 17.9 Å². The van der Waals surface area contributed by atoms with Gasteiger partial charge in [0.15, 0.2) is 0 Å². The van der Waals surface area contributed by atoms with E-state index in [9.17, 15) is 22.8 Å². The molecule has 26 heavy (non-hydrogen) atoms. The predicted molar refractivity (Wildman–Crippen MR) is 92.8 cm³/mol. The van der Waals surface area contributed by atoms with Crippen LogP contribution in [0.1, 0.15) is 34.8 Å². The van der Waals surface area contributed by atoms with Crippen molar-refractivity contribution < 1.29 is 22.8 Å². The van der Waals surface area contributed by atoms with Gasteiger partial charge in [-0.3, -0.25) is 9.59 Å². The fourth-order valence-electron chi connectivity index (χ4n) is 2.36. The Hall–Kier alpha value is -2.83. The van der Waals surface area contributed by atoms with Crippen LogP contribution in [0.2, 0.25) is 0 Å². The third-order valence-corrected chi connectivity index (χ3v) is 3.60. The summed E-state index contributed by atoms with van der Waals surface area (Å²) in [5.74, 6) is -0.818. The highest BCUT2D eigenvalue weighted by atomic mass is 19.4. The van der Waals surface area contributed by atoms with Crippen molar-refractivity contribution in [2.45, 2.75) is 25.9 Å². The highest BCUT2D eigenvalue weighted by Crippen LogP contribution is 2.29. The Morgan fingerprint density at radius 2 is 1.77 bits per heavy atom. The molecule has 7 heteroatoms. The maximum Gasteiger partial charge on any atom is 0.416 e. The van der Waals surface area contributed by atoms with Crippen LogP contribution in [0.4, 0.5) is 18.9 Å². The lowest BCUT2D eigenvalue weighted by atomic mass is 10.1. The molecule has 0 aromatic heterocycles. The first-order chi connectivity index (χ1) is 12.3. The highest BCUT2D eigenvalue weighted by Gasteiger charge is 2.30. The number of nitrogens with one attached hydrogen (secondary N) is 2. The molecule has 0 saturated carbocycles. The van der Waals surface area contributed by atoms with Crippen molar-refractivity contribution in [3.8, 4) is 0 Å². The number of para-hydroxylation sites is 1. The molecule has 4 nitrogen and oxygen atoms in total. The highest BCUT2D eigenvalue weighted by molar-refractivity contribution is 6.04. The van der Waals surface area contributed by atoms with E-state index < -0.39 is 17.6 Å². The van der Waals surface area contributed by atoms with Crippen molar-refractivity contribution in [1.29, 1.82) is 0 Å². The summed E-state index contributed by atoms with van der Waals surface area (Å²) >= 11 is 0. The van der Waals surface area contributed by atoms with E-state index in [0.717, 1.165) is 18.6 Å². The number of hydrogen-bond acceptors (Lipinski definition) is 2. The summed E-state index contributed by atoms with van der Waals surface area (Å²) in [4.78, 5) is 24.3. The average Bonchev–Trinajstić information content (AvgIpc) is 2.59. The number of carbonyl (C=O) groups excluding carboxylic acids is 2. The second-order valence-electron chi connectivity index (χ2n) is 5.72. The summed E-state index contributed by atoms with van der Waals surface area (Å²) in [7, 11) is 0. The molecule has 0 atom stereocenters. The van der Waals surface area contributed by atoms with E-state index in [4.69, 9.17) is 0 Å². The molecule has 2 amide bonds. The van der Waals surface area contributed by atoms with Crippen molar-refractivity contribution in [3.05, 3.63) is 65.2 Å². The van der Waals surface area contributed by atoms with Crippen molar-refractivity contribution in [2.75, 3.05) is 11.9 Å². The van der Waals surface area contributed by atoms with Crippen LogP contribution in [0, 0.1) is 0 Å². The maximum atomic E-state index is 12.8. The summed E-state index contributed by atoms with van der Waals surface area (Å²) in [6, 6.07) is 11.1. The number of benzene rings is 2. The zero-order valence-electron chi connectivity index (χ0n) is 14.2. The third kappa shape index (κ3) is 5.34. The van der Waals surface area contributed by atoms with Gasteiger partial charge in [-0.1, -0.05) is 37.3 Å². The smallest absolute Gasteiger partial charge is 0.352 e. The van der Waals surface area contributed by atoms with Crippen molar-refractivity contribution >= 4 is 17.5 Å². The van der Waals surface area contributed by atoms with Crippen molar-refractivity contribution in [3.63, 3.8) is 0 Å². The predicted octanol–water partition coefficient (Wildman–Crippen LogP) is 4.03. The number of alkyl halides is 3. The molecule has 2 rings (SSSR count). The van der Waals surface area contributed by atoms with E-state index in [0.29, 0.717) is 17.8 Å². The largest absolute Gasteiger partial charge is 0.416 e. The lowest BCUT2D eigenvalue weighted by Crippen LogP contribution is -2.26. The minimum atomic E-state index is -4.46. The van der Waals surface area contributed by atoms with Gasteiger partial charge in [-0.25, -0.2) is 0 Å². The first-order valence-electron chi connectivity index (χ1n) is 8.14. The summed E-state index contributed by atoms with van der Waals surface area (Å²) in [6.45, 7) is 2.42. The molecular weight excluding hydrogens is 345 g/mol. The second-order valence-corrected chi connectivity index (χ2v) is 5.72. The molecule has 0 fully saturated rings. The van der Waals surface area contributed by atoms with Gasteiger partial charge < -0.3 is 10.6 Å². The quantitative estimate of drug-likeness (QED) is 0.813. The van der Waals surface area contributed by atoms with E-state index >= 15 is 0 Å². The third-order valence-electron chi connectivity index (χ3n) is 3.60. The monoisotopic (exact) mass is 364 g/mol. The van der Waals surface area contributed by atoms with E-state index in [1.54, 1.807) is 24.3 Å². The molecule has 0 aliphatic heterocycles. The zero-order chi connectivity index (χ0) is 19.2. The summed E-state index contributed by atoms with van der Waals surface area (Å²) in [6.07, 6.45) is -3.92. The summed E-state index contributed by atoms with van der Waals surface area (Å²) in [5, 5.41) is 5.31. The average molecular weight is 364 g/mol. The number of amides is 2. The van der Waals surface area contributed by atoms with Crippen molar-refractivity contribution in [1.82, 2.24) is 5.32 Å². The second kappa shape index (κ2) is 8.51. The number of rotatable bonds is 6. The van der Waals surface area contributed by atoms with Gasteiger partial charge in [0.25, 0.3) is 5.91 Å². The minimum Gasteiger partial charge on any atom is -0.352 e. The van der Waals surface area contributed by atoms with Crippen LogP contribution in [0.3, 0.4) is 0 Å². The van der Waals surface area contributed by atoms with Gasteiger partial charge in [0.05, 0.1) is 23.2 Å². The van der Waals surface area contributed by atoms with Crippen molar-refractivity contribution in [2.24, 2.45) is 0 Å². The van der Waals surface area contributed by atoms with Gasteiger partial charge in [-0.15, -0.1) is 0 Å². The van der Waals surface area contributed by atoms with Gasteiger partial charge in [0.1, 0.15) is 0 Å². The van der Waals surface area contributed by atoms with Gasteiger partial charge in [0, 0.05) is 6.54 Å². The number of anilines is 1. The summed E-state index contributed by atoms with van der Waals surface area (Å²) < 4.78 is 38.3. The zero-order valence-corrected chi connectivity index (χ0v) is 14.2. The van der Waals surface area contributed by atoms with Crippen LogP contribution >= 0.6 is 0 Å². The molecule has 2 aromatic rings.